The first-order valence-corrected chi connectivity index (χ1v) is 7.10. The van der Waals surface area contributed by atoms with Crippen LogP contribution in [0.5, 0.6) is 0 Å². The molecule has 2 nitrogen and oxygen atoms in total. The minimum absolute atomic E-state index is 0.0594. The first kappa shape index (κ1) is 13.5. The minimum Gasteiger partial charge on any atom is -0.328 e. The summed E-state index contributed by atoms with van der Waals surface area (Å²) in [6.07, 6.45) is 2.00. The summed E-state index contributed by atoms with van der Waals surface area (Å²) in [7, 11) is 0. The molecule has 0 atom stereocenters. The Labute approximate surface area is 113 Å². The van der Waals surface area contributed by atoms with E-state index in [9.17, 15) is 8.78 Å². The summed E-state index contributed by atoms with van der Waals surface area (Å²) in [5.41, 5.74) is 0.734. The van der Waals surface area contributed by atoms with E-state index in [1.54, 1.807) is 16.3 Å². The van der Waals surface area contributed by atoms with Crippen molar-refractivity contribution in [2.75, 3.05) is 6.26 Å². The fraction of sp³-hybridized carbons (Fsp3) is 0.417. The Bertz CT molecular complexity index is 643. The van der Waals surface area contributed by atoms with Gasteiger partial charge < -0.3 is 9.55 Å². The number of nitrogens with one attached hydrogen (secondary N) is 1. The SMILES string of the molecule is CSC(C)(C)Cn1c(=S)[nH]c2c(F)cc(F)cc21. The molecule has 0 saturated heterocycles. The molecule has 0 radical (unpaired) electrons. The predicted molar refractivity (Wildman–Crippen MR) is 74.6 cm³/mol. The van der Waals surface area contributed by atoms with Crippen molar-refractivity contribution in [3.05, 3.63) is 28.5 Å². The van der Waals surface area contributed by atoms with Crippen molar-refractivity contribution in [2.24, 2.45) is 0 Å². The van der Waals surface area contributed by atoms with Crippen LogP contribution in [0.2, 0.25) is 0 Å². The molecule has 0 unspecified atom stereocenters. The molecule has 0 amide bonds. The first-order chi connectivity index (χ1) is 8.34. The summed E-state index contributed by atoms with van der Waals surface area (Å²) in [5.74, 6) is -1.21. The fourth-order valence-corrected chi connectivity index (χ4v) is 2.31. The molecule has 0 fully saturated rings. The average Bonchev–Trinajstić information content (AvgIpc) is 2.57. The molecule has 0 aliphatic carbocycles. The number of nitrogens with zero attached hydrogens (tertiary/aromatic N) is 1. The van der Waals surface area contributed by atoms with Crippen molar-refractivity contribution in [1.82, 2.24) is 9.55 Å². The van der Waals surface area contributed by atoms with E-state index in [-0.39, 0.29) is 10.3 Å². The number of hydrogen-bond acceptors (Lipinski definition) is 2. The number of benzene rings is 1. The minimum atomic E-state index is -0.614. The largest absolute Gasteiger partial charge is 0.328 e. The molecule has 0 saturated carbocycles. The molecule has 0 aliphatic rings. The third-order valence-electron chi connectivity index (χ3n) is 2.89. The Morgan fingerprint density at radius 1 is 1.39 bits per heavy atom. The van der Waals surface area contributed by atoms with Gasteiger partial charge in [-0.25, -0.2) is 8.78 Å². The summed E-state index contributed by atoms with van der Waals surface area (Å²) >= 11 is 6.86. The number of rotatable bonds is 3. The highest BCUT2D eigenvalue weighted by Crippen LogP contribution is 2.27. The van der Waals surface area contributed by atoms with Crippen LogP contribution < -0.4 is 0 Å². The molecule has 2 aromatic rings. The lowest BCUT2D eigenvalue weighted by molar-refractivity contribution is 0.570. The van der Waals surface area contributed by atoms with Gasteiger partial charge in [-0.15, -0.1) is 0 Å². The van der Waals surface area contributed by atoms with Crippen molar-refractivity contribution in [3.63, 3.8) is 0 Å². The molecule has 1 aromatic heterocycles. The molecule has 6 heteroatoms. The Morgan fingerprint density at radius 3 is 2.67 bits per heavy atom. The maximum Gasteiger partial charge on any atom is 0.178 e. The van der Waals surface area contributed by atoms with E-state index in [1.807, 2.05) is 6.26 Å². The second-order valence-corrected chi connectivity index (χ2v) is 6.66. The van der Waals surface area contributed by atoms with Gasteiger partial charge in [-0.2, -0.15) is 11.8 Å². The van der Waals surface area contributed by atoms with E-state index < -0.39 is 11.6 Å². The monoisotopic (exact) mass is 288 g/mol. The summed E-state index contributed by atoms with van der Waals surface area (Å²) in [4.78, 5) is 2.80. The Balaban J connectivity index is 2.64. The van der Waals surface area contributed by atoms with E-state index in [2.05, 4.69) is 18.8 Å². The molecule has 1 heterocycles. The van der Waals surface area contributed by atoms with Crippen LogP contribution in [-0.4, -0.2) is 20.6 Å². The lowest BCUT2D eigenvalue weighted by Crippen LogP contribution is -2.22. The number of aromatic nitrogens is 2. The molecule has 2 rings (SSSR count). The highest BCUT2D eigenvalue weighted by Gasteiger charge is 2.20. The third kappa shape index (κ3) is 2.44. The number of hydrogen-bond donors (Lipinski definition) is 1. The van der Waals surface area contributed by atoms with E-state index in [0.717, 1.165) is 6.07 Å². The van der Waals surface area contributed by atoms with Crippen LogP contribution in [0.1, 0.15) is 13.8 Å². The van der Waals surface area contributed by atoms with Gasteiger partial charge in [0.05, 0.1) is 5.52 Å². The number of H-pyrrole nitrogens is 1. The van der Waals surface area contributed by atoms with E-state index >= 15 is 0 Å². The van der Waals surface area contributed by atoms with Gasteiger partial charge in [0.1, 0.15) is 11.3 Å². The van der Waals surface area contributed by atoms with Crippen LogP contribution in [0, 0.1) is 16.4 Å². The van der Waals surface area contributed by atoms with Gasteiger partial charge in [0, 0.05) is 17.4 Å². The zero-order valence-electron chi connectivity index (χ0n) is 10.4. The number of aromatic amines is 1. The van der Waals surface area contributed by atoms with Crippen LogP contribution in [0.3, 0.4) is 0 Å². The van der Waals surface area contributed by atoms with Gasteiger partial charge in [0.25, 0.3) is 0 Å². The van der Waals surface area contributed by atoms with Crippen molar-refractivity contribution in [1.29, 1.82) is 0 Å². The zero-order chi connectivity index (χ0) is 13.5. The lowest BCUT2D eigenvalue weighted by Gasteiger charge is -2.22. The molecule has 1 aromatic carbocycles. The fourth-order valence-electron chi connectivity index (χ4n) is 1.78. The van der Waals surface area contributed by atoms with E-state index in [1.165, 1.54) is 6.07 Å². The topological polar surface area (TPSA) is 20.7 Å². The second-order valence-electron chi connectivity index (χ2n) is 4.76. The van der Waals surface area contributed by atoms with Gasteiger partial charge in [-0.1, -0.05) is 0 Å². The van der Waals surface area contributed by atoms with Crippen LogP contribution in [0.25, 0.3) is 11.0 Å². The number of fused-ring (bicyclic) bond motifs is 1. The van der Waals surface area contributed by atoms with Gasteiger partial charge in [-0.3, -0.25) is 0 Å². The number of imidazole rings is 1. The summed E-state index contributed by atoms with van der Waals surface area (Å²) < 4.78 is 29.0. The molecule has 1 N–H and O–H groups in total. The summed E-state index contributed by atoms with van der Waals surface area (Å²) in [6.45, 7) is 4.72. The molecule has 0 aliphatic heterocycles. The molecule has 98 valence electrons. The van der Waals surface area contributed by atoms with Crippen LogP contribution in [-0.2, 0) is 6.54 Å². The van der Waals surface area contributed by atoms with Gasteiger partial charge in [-0.05, 0) is 38.4 Å². The van der Waals surface area contributed by atoms with E-state index in [4.69, 9.17) is 12.2 Å². The third-order valence-corrected chi connectivity index (χ3v) is 4.45. The summed E-state index contributed by atoms with van der Waals surface area (Å²) in [6, 6.07) is 2.17. The maximum atomic E-state index is 13.6. The normalized spacial score (nSPS) is 12.3. The smallest absolute Gasteiger partial charge is 0.178 e. The Hall–Kier alpha value is -0.880. The molecular formula is C12H14F2N2S2. The van der Waals surface area contributed by atoms with Crippen molar-refractivity contribution in [2.45, 2.75) is 25.1 Å². The Morgan fingerprint density at radius 2 is 2.06 bits per heavy atom. The average molecular weight is 288 g/mol. The highest BCUT2D eigenvalue weighted by molar-refractivity contribution is 7.99. The van der Waals surface area contributed by atoms with Gasteiger partial charge >= 0.3 is 0 Å². The first-order valence-electron chi connectivity index (χ1n) is 5.47. The molecule has 18 heavy (non-hydrogen) atoms. The summed E-state index contributed by atoms with van der Waals surface area (Å²) in [5, 5.41) is 0. The standard InChI is InChI=1S/C12H14F2N2S2/c1-12(2,18-3)6-16-9-5-7(13)4-8(14)10(9)15-11(16)17/h4-5H,6H2,1-3H3,(H,15,17). The van der Waals surface area contributed by atoms with Gasteiger partial charge in [0.2, 0.25) is 0 Å². The zero-order valence-corrected chi connectivity index (χ0v) is 12.0. The quantitative estimate of drug-likeness (QED) is 0.858. The number of thioether (sulfide) groups is 1. The second kappa shape index (κ2) is 4.66. The van der Waals surface area contributed by atoms with Crippen LogP contribution >= 0.6 is 24.0 Å². The van der Waals surface area contributed by atoms with Crippen molar-refractivity contribution in [3.8, 4) is 0 Å². The Kier molecular flexibility index (Phi) is 3.51. The maximum absolute atomic E-state index is 13.6. The highest BCUT2D eigenvalue weighted by atomic mass is 32.2. The van der Waals surface area contributed by atoms with Crippen molar-refractivity contribution < 1.29 is 8.78 Å². The molecule has 0 spiro atoms. The van der Waals surface area contributed by atoms with Crippen LogP contribution in [0.15, 0.2) is 12.1 Å². The van der Waals surface area contributed by atoms with Gasteiger partial charge in [0.15, 0.2) is 10.6 Å². The molecule has 0 bridgehead atoms. The van der Waals surface area contributed by atoms with Crippen molar-refractivity contribution >= 4 is 35.0 Å². The lowest BCUT2D eigenvalue weighted by atomic mass is 10.2. The number of halogens is 2. The van der Waals surface area contributed by atoms with Crippen LogP contribution in [0.4, 0.5) is 8.78 Å². The predicted octanol–water partition coefficient (Wildman–Crippen LogP) is 4.12. The molecular weight excluding hydrogens is 274 g/mol. The van der Waals surface area contributed by atoms with E-state index in [0.29, 0.717) is 16.8 Å².